The third-order valence-electron chi connectivity index (χ3n) is 8.67. The fourth-order valence-corrected chi connectivity index (χ4v) is 8.00. The molecule has 4 bridgehead atoms. The third-order valence-corrected chi connectivity index (χ3v) is 9.22. The van der Waals surface area contributed by atoms with Gasteiger partial charge in [-0.2, -0.15) is 6.42 Å². The molecule has 4 aliphatic carbocycles. The van der Waals surface area contributed by atoms with Crippen LogP contribution in [0.15, 0.2) is 12.1 Å². The monoisotopic (exact) mass is 538 g/mol. The molecule has 26 heavy (non-hydrogen) atoms. The molecule has 0 amide bonds. The summed E-state index contributed by atoms with van der Waals surface area (Å²) in [6.45, 7) is 7.05. The summed E-state index contributed by atoms with van der Waals surface area (Å²) in [6, 6.07) is 4.92. The van der Waals surface area contributed by atoms with Gasteiger partial charge in [-0.05, 0) is 49.4 Å². The van der Waals surface area contributed by atoms with Crippen LogP contribution in [-0.2, 0) is 37.5 Å². The van der Waals surface area contributed by atoms with Crippen molar-refractivity contribution in [3.63, 3.8) is 0 Å². The molecule has 0 aromatic heterocycles. The van der Waals surface area contributed by atoms with Gasteiger partial charge in [0.25, 0.3) is 0 Å². The van der Waals surface area contributed by atoms with E-state index < -0.39 is 0 Å². The van der Waals surface area contributed by atoms with Crippen molar-refractivity contribution < 1.29 is 30.4 Å². The number of fused-ring (bicyclic) bond motifs is 2. The Morgan fingerprint density at radius 2 is 2.19 bits per heavy atom. The maximum atomic E-state index is 11.8. The van der Waals surface area contributed by atoms with E-state index in [2.05, 4.69) is 31.2 Å². The van der Waals surface area contributed by atoms with E-state index in [1.165, 1.54) is 43.4 Å². The number of rotatable bonds is 2. The van der Waals surface area contributed by atoms with Crippen molar-refractivity contribution >= 4 is 13.8 Å². The molecule has 2 spiro atoms. The number of likely N-dealkylation sites (N-methyl/N-ethyl adjacent to an activating group) is 1. The molecule has 0 unspecified atom stereocenters. The quantitative estimate of drug-likeness (QED) is 0.426. The van der Waals surface area contributed by atoms with E-state index in [0.717, 1.165) is 24.0 Å². The zero-order valence-electron chi connectivity index (χ0n) is 15.5. The van der Waals surface area contributed by atoms with Crippen LogP contribution in [0.1, 0.15) is 50.7 Å². The van der Waals surface area contributed by atoms with Crippen molar-refractivity contribution in [3.05, 3.63) is 29.7 Å². The molecule has 5 heteroatoms. The van der Waals surface area contributed by atoms with Gasteiger partial charge < -0.3 is 11.2 Å². The first-order chi connectivity index (χ1) is 12.1. The first kappa shape index (κ1) is 17.8. The van der Waals surface area contributed by atoms with Gasteiger partial charge in [0.1, 0.15) is 5.75 Å². The SMILES string of the molecule is CCN1CC[C@]23c4c5ccc(P=O)c4O[C@H]2[C@]2(C)[CH-]C[C@]3(CC2)[C@H]1C5.[W]. The molecule has 4 fully saturated rings. The van der Waals surface area contributed by atoms with Crippen molar-refractivity contribution in [2.24, 2.45) is 10.8 Å². The Morgan fingerprint density at radius 3 is 2.88 bits per heavy atom. The predicted molar refractivity (Wildman–Crippen MR) is 97.8 cm³/mol. The van der Waals surface area contributed by atoms with Crippen molar-refractivity contribution in [3.8, 4) is 5.75 Å². The Labute approximate surface area is 171 Å². The van der Waals surface area contributed by atoms with Crippen LogP contribution < -0.4 is 10.0 Å². The first-order valence-electron chi connectivity index (χ1n) is 9.84. The van der Waals surface area contributed by atoms with Crippen LogP contribution in [0.3, 0.4) is 0 Å². The summed E-state index contributed by atoms with van der Waals surface area (Å²) in [7, 11) is 0.0946. The van der Waals surface area contributed by atoms with Crippen LogP contribution in [0, 0.1) is 17.3 Å². The maximum absolute atomic E-state index is 11.8. The van der Waals surface area contributed by atoms with E-state index in [0.29, 0.717) is 11.5 Å². The number of nitrogens with zero attached hydrogens (tertiary/aromatic N) is 1. The Balaban J connectivity index is 0.00000150. The van der Waals surface area contributed by atoms with Gasteiger partial charge in [0.15, 0.2) is 8.46 Å². The number of piperidine rings is 1. The fraction of sp³-hybridized carbons (Fsp3) is 0.667. The van der Waals surface area contributed by atoms with Crippen LogP contribution in [0.2, 0.25) is 0 Å². The molecular formula is C21H25NO2PW-. The molecule has 0 radical (unpaired) electrons. The van der Waals surface area contributed by atoms with Crippen LogP contribution in [0.5, 0.6) is 5.75 Å². The average Bonchev–Trinajstić information content (AvgIpc) is 2.99. The van der Waals surface area contributed by atoms with Gasteiger partial charge in [-0.3, -0.25) is 9.46 Å². The van der Waals surface area contributed by atoms with Crippen LogP contribution in [-0.4, -0.2) is 30.1 Å². The molecule has 2 heterocycles. The molecule has 7 rings (SSSR count). The number of hydrogen-bond donors (Lipinski definition) is 0. The maximum Gasteiger partial charge on any atom is 0.196 e. The van der Waals surface area contributed by atoms with Gasteiger partial charge in [-0.15, -0.1) is 5.41 Å². The van der Waals surface area contributed by atoms with Gasteiger partial charge >= 0.3 is 0 Å². The van der Waals surface area contributed by atoms with E-state index in [1.54, 1.807) is 0 Å². The number of likely N-dealkylation sites (tertiary alicyclic amines) is 1. The first-order valence-corrected chi connectivity index (χ1v) is 10.7. The van der Waals surface area contributed by atoms with E-state index in [4.69, 9.17) is 4.74 Å². The van der Waals surface area contributed by atoms with Crippen LogP contribution in [0.25, 0.3) is 0 Å². The third kappa shape index (κ3) is 1.67. The largest absolute Gasteiger partial charge is 0.490 e. The second kappa shape index (κ2) is 5.43. The van der Waals surface area contributed by atoms with Gasteiger partial charge in [-0.25, -0.2) is 0 Å². The van der Waals surface area contributed by atoms with E-state index >= 15 is 0 Å². The second-order valence-corrected chi connectivity index (χ2v) is 9.84. The predicted octanol–water partition coefficient (Wildman–Crippen LogP) is 3.64. The fourth-order valence-electron chi connectivity index (χ4n) is 7.62. The number of hydrogen-bond acceptors (Lipinski definition) is 3. The molecule has 5 atom stereocenters. The topological polar surface area (TPSA) is 29.5 Å². The molecule has 0 N–H and O–H groups in total. The minimum absolute atomic E-state index is 0. The summed E-state index contributed by atoms with van der Waals surface area (Å²) < 4.78 is 18.6. The summed E-state index contributed by atoms with van der Waals surface area (Å²) in [6.07, 6.45) is 8.94. The minimum Gasteiger partial charge on any atom is -0.490 e. The smallest absolute Gasteiger partial charge is 0.196 e. The average molecular weight is 538 g/mol. The van der Waals surface area contributed by atoms with Gasteiger partial charge in [0.05, 0.1) is 11.4 Å². The number of benzene rings is 1. The van der Waals surface area contributed by atoms with Gasteiger partial charge in [-0.1, -0.05) is 26.3 Å². The molecule has 6 aliphatic rings. The summed E-state index contributed by atoms with van der Waals surface area (Å²) in [5.41, 5.74) is 3.56. The number of ether oxygens (including phenoxy) is 1. The normalized spacial score (nSPS) is 44.4. The molecule has 1 aromatic rings. The Kier molecular flexibility index (Phi) is 3.72. The second-order valence-electron chi connectivity index (χ2n) is 9.18. The van der Waals surface area contributed by atoms with E-state index in [1.807, 2.05) is 6.07 Å². The van der Waals surface area contributed by atoms with Crippen molar-refractivity contribution in [2.75, 3.05) is 13.1 Å². The standard InChI is InChI=1S/C21H25NO2P.W/c1-3-22-11-10-21-16-13-4-5-14(25-23)17(16)24-18(21)19(2)6-8-20(21,9-7-19)15(22)12-13;/h4-6,15,18H,3,7-12H2,1-2H3;/q-1;/t15-,18+,19-,20+,21+;/m1./s1. The Bertz CT molecular complexity index is 803. The van der Waals surface area contributed by atoms with Crippen LogP contribution in [0.4, 0.5) is 0 Å². The molecule has 3 saturated carbocycles. The summed E-state index contributed by atoms with van der Waals surface area (Å²) in [5.74, 6) is 0.982. The van der Waals surface area contributed by atoms with Crippen molar-refractivity contribution in [1.82, 2.24) is 4.90 Å². The van der Waals surface area contributed by atoms with E-state index in [9.17, 15) is 4.57 Å². The Morgan fingerprint density at radius 1 is 1.35 bits per heavy atom. The van der Waals surface area contributed by atoms with E-state index in [-0.39, 0.29) is 46.5 Å². The van der Waals surface area contributed by atoms with Crippen molar-refractivity contribution in [2.45, 2.75) is 63.5 Å². The summed E-state index contributed by atoms with van der Waals surface area (Å²) in [4.78, 5) is 2.74. The molecule has 3 nitrogen and oxygen atoms in total. The molecule has 1 saturated heterocycles. The van der Waals surface area contributed by atoms with Crippen molar-refractivity contribution in [1.29, 1.82) is 0 Å². The Hall–Kier alpha value is -0.232. The molecule has 1 aromatic carbocycles. The summed E-state index contributed by atoms with van der Waals surface area (Å²) in [5, 5.41) is 0.858. The molecular weight excluding hydrogens is 513 g/mol. The van der Waals surface area contributed by atoms with Gasteiger partial charge in [0, 0.05) is 38.1 Å². The summed E-state index contributed by atoms with van der Waals surface area (Å²) >= 11 is 0. The molecule has 138 valence electrons. The zero-order chi connectivity index (χ0) is 17.0. The minimum atomic E-state index is 0. The van der Waals surface area contributed by atoms with Crippen LogP contribution >= 0.6 is 8.46 Å². The molecule has 2 aliphatic heterocycles. The van der Waals surface area contributed by atoms with Gasteiger partial charge in [0.2, 0.25) is 0 Å². The zero-order valence-corrected chi connectivity index (χ0v) is 19.3.